The smallest absolute Gasteiger partial charge is 0.249 e. The van der Waals surface area contributed by atoms with Gasteiger partial charge in [0.25, 0.3) is 0 Å². The fraction of sp³-hybridized carbons (Fsp3) is 0.286. The van der Waals surface area contributed by atoms with E-state index in [0.29, 0.717) is 11.8 Å². The van der Waals surface area contributed by atoms with E-state index in [-0.39, 0.29) is 0 Å². The number of anilines is 5. The molecule has 2 heterocycles. The summed E-state index contributed by atoms with van der Waals surface area (Å²) in [5.41, 5.74) is 5.57. The Morgan fingerprint density at radius 3 is 2.48 bits per heavy atom. The van der Waals surface area contributed by atoms with Crippen LogP contribution in [0.3, 0.4) is 0 Å². The molecule has 27 heavy (non-hydrogen) atoms. The molecule has 1 aliphatic rings. The van der Waals surface area contributed by atoms with E-state index >= 15 is 0 Å². The largest absolute Gasteiger partial charge is 0.372 e. The van der Waals surface area contributed by atoms with Gasteiger partial charge in [0.05, 0.1) is 6.20 Å². The summed E-state index contributed by atoms with van der Waals surface area (Å²) in [6.45, 7) is 6.42. The first kappa shape index (κ1) is 17.3. The van der Waals surface area contributed by atoms with Gasteiger partial charge in [-0.05, 0) is 68.1 Å². The van der Waals surface area contributed by atoms with Gasteiger partial charge in [-0.2, -0.15) is 10.1 Å². The van der Waals surface area contributed by atoms with Gasteiger partial charge in [-0.1, -0.05) is 12.1 Å². The van der Waals surface area contributed by atoms with Crippen LogP contribution in [0.15, 0.2) is 48.7 Å². The number of benzene rings is 2. The Kier molecular flexibility index (Phi) is 4.87. The monoisotopic (exact) mass is 360 g/mol. The lowest BCUT2D eigenvalue weighted by atomic mass is 10.1. The standard InChI is InChI=1S/C21H24N6/c1-15-5-6-16(2)19(13-15)24-21-25-20(14-22-26-21)23-17-7-9-18(10-8-17)27-11-3-4-12-27/h5-10,13-14H,3-4,11-12H2,1-2H3,(H2,23,24,25,26). The minimum absolute atomic E-state index is 0.474. The van der Waals surface area contributed by atoms with Gasteiger partial charge in [0.15, 0.2) is 5.82 Å². The van der Waals surface area contributed by atoms with Crippen LogP contribution < -0.4 is 15.5 Å². The molecular formula is C21H24N6. The Labute approximate surface area is 159 Å². The molecule has 1 saturated heterocycles. The van der Waals surface area contributed by atoms with Gasteiger partial charge >= 0.3 is 0 Å². The Morgan fingerprint density at radius 1 is 0.926 bits per heavy atom. The van der Waals surface area contributed by atoms with Crippen molar-refractivity contribution in [3.63, 3.8) is 0 Å². The van der Waals surface area contributed by atoms with Crippen LogP contribution in [-0.2, 0) is 0 Å². The molecule has 138 valence electrons. The minimum Gasteiger partial charge on any atom is -0.372 e. The number of hydrogen-bond acceptors (Lipinski definition) is 6. The van der Waals surface area contributed by atoms with Crippen molar-refractivity contribution in [2.45, 2.75) is 26.7 Å². The van der Waals surface area contributed by atoms with Gasteiger partial charge in [0, 0.05) is 30.2 Å². The Morgan fingerprint density at radius 2 is 1.70 bits per heavy atom. The number of nitrogens with one attached hydrogen (secondary N) is 2. The van der Waals surface area contributed by atoms with Gasteiger partial charge < -0.3 is 15.5 Å². The molecule has 2 N–H and O–H groups in total. The van der Waals surface area contributed by atoms with Crippen LogP contribution in [-0.4, -0.2) is 28.3 Å². The predicted molar refractivity (Wildman–Crippen MR) is 110 cm³/mol. The average molecular weight is 360 g/mol. The third kappa shape index (κ3) is 4.16. The maximum atomic E-state index is 4.53. The molecule has 0 aliphatic carbocycles. The van der Waals surface area contributed by atoms with Crippen LogP contribution in [0, 0.1) is 13.8 Å². The van der Waals surface area contributed by atoms with Crippen molar-refractivity contribution in [2.75, 3.05) is 28.6 Å². The average Bonchev–Trinajstić information content (AvgIpc) is 3.20. The van der Waals surface area contributed by atoms with E-state index in [0.717, 1.165) is 30.0 Å². The highest BCUT2D eigenvalue weighted by molar-refractivity contribution is 5.63. The first-order valence-electron chi connectivity index (χ1n) is 9.33. The molecule has 0 atom stereocenters. The highest BCUT2D eigenvalue weighted by Gasteiger charge is 2.12. The van der Waals surface area contributed by atoms with Crippen LogP contribution >= 0.6 is 0 Å². The van der Waals surface area contributed by atoms with Crippen LogP contribution in [0.4, 0.5) is 28.8 Å². The topological polar surface area (TPSA) is 66.0 Å². The van der Waals surface area contributed by atoms with Gasteiger partial charge in [0.1, 0.15) is 0 Å². The summed E-state index contributed by atoms with van der Waals surface area (Å²) in [7, 11) is 0. The van der Waals surface area contributed by atoms with E-state index in [4.69, 9.17) is 0 Å². The normalized spacial score (nSPS) is 13.6. The summed E-state index contributed by atoms with van der Waals surface area (Å²) in [5, 5.41) is 14.7. The Balaban J connectivity index is 1.46. The second-order valence-corrected chi connectivity index (χ2v) is 6.97. The quantitative estimate of drug-likeness (QED) is 0.694. The lowest BCUT2D eigenvalue weighted by molar-refractivity contribution is 0.949. The highest BCUT2D eigenvalue weighted by Crippen LogP contribution is 2.24. The SMILES string of the molecule is Cc1ccc(C)c(Nc2nncc(Nc3ccc(N4CCCC4)cc3)n2)c1. The summed E-state index contributed by atoms with van der Waals surface area (Å²) in [4.78, 5) is 6.95. The van der Waals surface area contributed by atoms with E-state index in [1.807, 2.05) is 0 Å². The fourth-order valence-electron chi connectivity index (χ4n) is 3.29. The zero-order valence-corrected chi connectivity index (χ0v) is 15.7. The number of nitrogens with zero attached hydrogens (tertiary/aromatic N) is 4. The van der Waals surface area contributed by atoms with Crippen molar-refractivity contribution in [2.24, 2.45) is 0 Å². The molecule has 0 saturated carbocycles. The third-order valence-corrected chi connectivity index (χ3v) is 4.81. The summed E-state index contributed by atoms with van der Waals surface area (Å²) in [6.07, 6.45) is 4.19. The van der Waals surface area contributed by atoms with Crippen molar-refractivity contribution in [3.05, 3.63) is 59.8 Å². The van der Waals surface area contributed by atoms with Gasteiger partial charge in [-0.15, -0.1) is 5.10 Å². The summed E-state index contributed by atoms with van der Waals surface area (Å²) < 4.78 is 0. The van der Waals surface area contributed by atoms with E-state index < -0.39 is 0 Å². The maximum absolute atomic E-state index is 4.53. The lowest BCUT2D eigenvalue weighted by Gasteiger charge is -2.17. The fourth-order valence-corrected chi connectivity index (χ4v) is 3.29. The molecule has 0 radical (unpaired) electrons. The summed E-state index contributed by atoms with van der Waals surface area (Å²) in [5.74, 6) is 1.13. The van der Waals surface area contributed by atoms with Crippen LogP contribution in [0.1, 0.15) is 24.0 Å². The molecule has 2 aromatic carbocycles. The van der Waals surface area contributed by atoms with E-state index in [1.165, 1.54) is 24.1 Å². The van der Waals surface area contributed by atoms with Crippen molar-refractivity contribution < 1.29 is 0 Å². The summed E-state index contributed by atoms with van der Waals surface area (Å²) >= 11 is 0. The van der Waals surface area contributed by atoms with Gasteiger partial charge in [0.2, 0.25) is 5.95 Å². The van der Waals surface area contributed by atoms with Crippen molar-refractivity contribution >= 4 is 28.8 Å². The molecule has 1 aliphatic heterocycles. The molecular weight excluding hydrogens is 336 g/mol. The first-order chi connectivity index (χ1) is 13.2. The van der Waals surface area contributed by atoms with Gasteiger partial charge in [-0.25, -0.2) is 0 Å². The van der Waals surface area contributed by atoms with Gasteiger partial charge in [-0.3, -0.25) is 0 Å². The molecule has 0 spiro atoms. The first-order valence-corrected chi connectivity index (χ1v) is 9.33. The maximum Gasteiger partial charge on any atom is 0.249 e. The molecule has 0 amide bonds. The van der Waals surface area contributed by atoms with Crippen molar-refractivity contribution in [1.29, 1.82) is 0 Å². The highest BCUT2D eigenvalue weighted by atomic mass is 15.3. The molecule has 1 fully saturated rings. The summed E-state index contributed by atoms with van der Waals surface area (Å²) in [6, 6.07) is 14.7. The zero-order chi connectivity index (χ0) is 18.6. The number of hydrogen-bond donors (Lipinski definition) is 2. The van der Waals surface area contributed by atoms with Crippen molar-refractivity contribution in [3.8, 4) is 0 Å². The molecule has 6 heteroatoms. The van der Waals surface area contributed by atoms with Crippen LogP contribution in [0.2, 0.25) is 0 Å². The van der Waals surface area contributed by atoms with E-state index in [2.05, 4.69) is 87.0 Å². The second-order valence-electron chi connectivity index (χ2n) is 6.97. The molecule has 6 nitrogen and oxygen atoms in total. The molecule has 0 unspecified atom stereocenters. The van der Waals surface area contributed by atoms with Crippen LogP contribution in [0.25, 0.3) is 0 Å². The lowest BCUT2D eigenvalue weighted by Crippen LogP contribution is -2.17. The second kappa shape index (κ2) is 7.61. The number of aryl methyl sites for hydroxylation is 2. The van der Waals surface area contributed by atoms with E-state index in [1.54, 1.807) is 6.20 Å². The third-order valence-electron chi connectivity index (χ3n) is 4.81. The zero-order valence-electron chi connectivity index (χ0n) is 15.7. The Hall–Kier alpha value is -3.15. The number of rotatable bonds is 5. The molecule has 4 rings (SSSR count). The molecule has 3 aromatic rings. The van der Waals surface area contributed by atoms with Crippen molar-refractivity contribution in [1.82, 2.24) is 15.2 Å². The van der Waals surface area contributed by atoms with E-state index in [9.17, 15) is 0 Å². The minimum atomic E-state index is 0.474. The Bertz CT molecular complexity index is 916. The number of aromatic nitrogens is 3. The van der Waals surface area contributed by atoms with Crippen LogP contribution in [0.5, 0.6) is 0 Å². The predicted octanol–water partition coefficient (Wildman–Crippen LogP) is 4.58. The molecule has 0 bridgehead atoms. The molecule has 1 aromatic heterocycles.